The zero-order chi connectivity index (χ0) is 23.7. The van der Waals surface area contributed by atoms with Gasteiger partial charge in [0.2, 0.25) is 5.75 Å². The number of para-hydroxylation sites is 1. The van der Waals surface area contributed by atoms with E-state index in [4.69, 9.17) is 9.47 Å². The summed E-state index contributed by atoms with van der Waals surface area (Å²) in [7, 11) is 0. The summed E-state index contributed by atoms with van der Waals surface area (Å²) in [5.41, 5.74) is 3.13. The standard InChI is InChI=1S/C28H24O6/c29-23-6-2-4-19-10-7-17-8-11-21(12-9-17)33-26-16-20(15-25(31)27(26)32)24(30)14-18-3-1-5-22(13-18)34-28(19)23/h1-6,8-9,11-13,15-16,24,29-32H,7,10,14H2/t24-/m0/s1. The van der Waals surface area contributed by atoms with Crippen LogP contribution in [0, 0.1) is 0 Å². The van der Waals surface area contributed by atoms with E-state index >= 15 is 0 Å². The molecule has 0 fully saturated rings. The highest BCUT2D eigenvalue weighted by atomic mass is 16.5. The third-order valence-corrected chi connectivity index (χ3v) is 5.92. The van der Waals surface area contributed by atoms with Crippen LogP contribution in [-0.4, -0.2) is 20.4 Å². The van der Waals surface area contributed by atoms with E-state index < -0.39 is 6.10 Å². The number of aryl methyl sites for hydroxylation is 2. The maximum absolute atomic E-state index is 10.9. The fraction of sp³-hybridized carbons (Fsp3) is 0.143. The molecule has 0 saturated heterocycles. The highest BCUT2D eigenvalue weighted by Crippen LogP contribution is 2.41. The van der Waals surface area contributed by atoms with Crippen LogP contribution in [0.1, 0.15) is 28.4 Å². The van der Waals surface area contributed by atoms with Crippen molar-refractivity contribution in [2.24, 2.45) is 0 Å². The molecule has 0 spiro atoms. The Morgan fingerprint density at radius 2 is 1.47 bits per heavy atom. The van der Waals surface area contributed by atoms with Crippen molar-refractivity contribution in [3.05, 3.63) is 101 Å². The van der Waals surface area contributed by atoms with Crippen molar-refractivity contribution in [3.8, 4) is 40.2 Å². The Balaban J connectivity index is 1.58. The molecule has 0 aromatic heterocycles. The molecule has 172 valence electrons. The maximum atomic E-state index is 10.9. The molecular formula is C28H24O6. The predicted molar refractivity (Wildman–Crippen MR) is 127 cm³/mol. The van der Waals surface area contributed by atoms with Gasteiger partial charge in [-0.1, -0.05) is 36.4 Å². The first kappa shape index (κ1) is 21.7. The van der Waals surface area contributed by atoms with Crippen molar-refractivity contribution in [1.29, 1.82) is 0 Å². The van der Waals surface area contributed by atoms with E-state index in [0.29, 0.717) is 35.7 Å². The lowest BCUT2D eigenvalue weighted by Gasteiger charge is -2.17. The molecule has 2 heterocycles. The molecule has 34 heavy (non-hydrogen) atoms. The minimum atomic E-state index is -0.967. The summed E-state index contributed by atoms with van der Waals surface area (Å²) in [6, 6.07) is 22.8. The number of phenols is 3. The van der Waals surface area contributed by atoms with Gasteiger partial charge in [0, 0.05) is 6.42 Å². The second kappa shape index (κ2) is 9.00. The molecule has 2 aliphatic rings. The number of ether oxygens (including phenoxy) is 2. The Morgan fingerprint density at radius 1 is 0.676 bits per heavy atom. The van der Waals surface area contributed by atoms with Crippen LogP contribution in [0.4, 0.5) is 0 Å². The predicted octanol–water partition coefficient (Wildman–Crippen LogP) is 5.76. The minimum Gasteiger partial charge on any atom is -0.504 e. The second-order valence-corrected chi connectivity index (χ2v) is 8.37. The van der Waals surface area contributed by atoms with Crippen LogP contribution in [0.25, 0.3) is 0 Å². The Morgan fingerprint density at radius 3 is 2.29 bits per heavy atom. The number of aliphatic hydroxyl groups excluding tert-OH is 1. The van der Waals surface area contributed by atoms with Gasteiger partial charge in [0.1, 0.15) is 11.5 Å². The van der Waals surface area contributed by atoms with Gasteiger partial charge >= 0.3 is 0 Å². The fourth-order valence-corrected chi connectivity index (χ4v) is 4.10. The van der Waals surface area contributed by atoms with Crippen LogP contribution >= 0.6 is 0 Å². The first-order chi connectivity index (χ1) is 16.5. The first-order valence-corrected chi connectivity index (χ1v) is 11.0. The molecule has 4 N–H and O–H groups in total. The van der Waals surface area contributed by atoms with Crippen molar-refractivity contribution < 1.29 is 29.9 Å². The molecule has 0 radical (unpaired) electrons. The Bertz CT molecular complexity index is 1330. The normalized spacial score (nSPS) is 15.4. The number of benzene rings is 4. The van der Waals surface area contributed by atoms with E-state index in [9.17, 15) is 20.4 Å². The number of aliphatic hydroxyl groups is 1. The summed E-state index contributed by atoms with van der Waals surface area (Å²) in [5.74, 6) is 0.797. The van der Waals surface area contributed by atoms with Crippen LogP contribution in [0.2, 0.25) is 0 Å². The molecule has 4 aromatic rings. The molecule has 6 heteroatoms. The van der Waals surface area contributed by atoms with Crippen LogP contribution in [-0.2, 0) is 19.3 Å². The molecule has 6 nitrogen and oxygen atoms in total. The second-order valence-electron chi connectivity index (χ2n) is 8.37. The Hall–Kier alpha value is -4.16. The van der Waals surface area contributed by atoms with Gasteiger partial charge in [0.15, 0.2) is 23.0 Å². The van der Waals surface area contributed by atoms with Gasteiger partial charge in [-0.15, -0.1) is 0 Å². The molecule has 4 aromatic carbocycles. The average molecular weight is 456 g/mol. The summed E-state index contributed by atoms with van der Waals surface area (Å²) in [4.78, 5) is 0. The molecule has 1 atom stereocenters. The minimum absolute atomic E-state index is 0.0596. The fourth-order valence-electron chi connectivity index (χ4n) is 4.10. The number of hydrogen-bond donors (Lipinski definition) is 4. The van der Waals surface area contributed by atoms with Crippen LogP contribution in [0.15, 0.2) is 78.9 Å². The SMILES string of the molecule is Oc1cc2cc(c1O)Oc1ccc(cc1)CCc1cccc(O)c1Oc1cccc(c1)C[C@@H]2O. The third kappa shape index (κ3) is 4.49. The van der Waals surface area contributed by atoms with Gasteiger partial charge in [0.25, 0.3) is 0 Å². The number of phenolic OH excluding ortho intramolecular Hbond substituents is 3. The lowest BCUT2D eigenvalue weighted by Crippen LogP contribution is -2.03. The number of aromatic hydroxyl groups is 3. The zero-order valence-electron chi connectivity index (χ0n) is 18.3. The van der Waals surface area contributed by atoms with Gasteiger partial charge in [0.05, 0.1) is 6.10 Å². The van der Waals surface area contributed by atoms with E-state index in [2.05, 4.69) is 0 Å². The number of hydrogen-bond acceptors (Lipinski definition) is 6. The number of fused-ring (bicyclic) bond motifs is 4. The highest BCUT2D eigenvalue weighted by molar-refractivity contribution is 5.54. The summed E-state index contributed by atoms with van der Waals surface area (Å²) in [6.07, 6.45) is 0.641. The molecule has 6 rings (SSSR count). The summed E-state index contributed by atoms with van der Waals surface area (Å²) < 4.78 is 11.9. The van der Waals surface area contributed by atoms with Gasteiger partial charge in [-0.3, -0.25) is 0 Å². The molecular weight excluding hydrogens is 432 g/mol. The van der Waals surface area contributed by atoms with Gasteiger partial charge < -0.3 is 29.9 Å². The Labute approximate surface area is 196 Å². The molecule has 0 amide bonds. The largest absolute Gasteiger partial charge is 0.504 e. The van der Waals surface area contributed by atoms with Crippen LogP contribution in [0.5, 0.6) is 40.2 Å². The number of rotatable bonds is 0. The van der Waals surface area contributed by atoms with E-state index in [0.717, 1.165) is 16.7 Å². The van der Waals surface area contributed by atoms with E-state index in [1.165, 1.54) is 12.1 Å². The first-order valence-electron chi connectivity index (χ1n) is 11.0. The monoisotopic (exact) mass is 456 g/mol. The average Bonchev–Trinajstić information content (AvgIpc) is 2.83. The van der Waals surface area contributed by atoms with Crippen molar-refractivity contribution in [2.75, 3.05) is 0 Å². The molecule has 0 saturated carbocycles. The molecule has 0 aliphatic carbocycles. The van der Waals surface area contributed by atoms with E-state index in [1.54, 1.807) is 36.4 Å². The van der Waals surface area contributed by atoms with Gasteiger partial charge in [-0.05, 0) is 77.6 Å². The van der Waals surface area contributed by atoms with Crippen LogP contribution < -0.4 is 9.47 Å². The molecule has 2 aliphatic heterocycles. The van der Waals surface area contributed by atoms with Crippen molar-refractivity contribution in [2.45, 2.75) is 25.4 Å². The summed E-state index contributed by atoms with van der Waals surface area (Å²) in [5, 5.41) is 41.8. The maximum Gasteiger partial charge on any atom is 0.201 e. The van der Waals surface area contributed by atoms with Crippen molar-refractivity contribution >= 4 is 0 Å². The Kier molecular flexibility index (Phi) is 5.74. The smallest absolute Gasteiger partial charge is 0.201 e. The van der Waals surface area contributed by atoms with Crippen LogP contribution in [0.3, 0.4) is 0 Å². The summed E-state index contributed by atoms with van der Waals surface area (Å²) >= 11 is 0. The summed E-state index contributed by atoms with van der Waals surface area (Å²) in [6.45, 7) is 0. The van der Waals surface area contributed by atoms with Crippen molar-refractivity contribution in [1.82, 2.24) is 0 Å². The van der Waals surface area contributed by atoms with E-state index in [1.807, 2.05) is 30.3 Å². The lowest BCUT2D eigenvalue weighted by atomic mass is 10.00. The van der Waals surface area contributed by atoms with Crippen molar-refractivity contribution in [3.63, 3.8) is 0 Å². The lowest BCUT2D eigenvalue weighted by molar-refractivity contribution is 0.177. The van der Waals surface area contributed by atoms with Gasteiger partial charge in [-0.25, -0.2) is 0 Å². The molecule has 6 bridgehead atoms. The third-order valence-electron chi connectivity index (χ3n) is 5.92. The quantitative estimate of drug-likeness (QED) is 0.251. The van der Waals surface area contributed by atoms with Gasteiger partial charge in [-0.2, -0.15) is 0 Å². The van der Waals surface area contributed by atoms with E-state index in [-0.39, 0.29) is 29.4 Å². The molecule has 0 unspecified atom stereocenters. The zero-order valence-corrected chi connectivity index (χ0v) is 18.3. The topological polar surface area (TPSA) is 99.4 Å². The highest BCUT2D eigenvalue weighted by Gasteiger charge is 2.18.